The number of nitrogens with one attached hydrogen (secondary N) is 1. The zero-order valence-corrected chi connectivity index (χ0v) is 14.1. The summed E-state index contributed by atoms with van der Waals surface area (Å²) in [5.74, 6) is 0.501. The van der Waals surface area contributed by atoms with Crippen molar-refractivity contribution < 1.29 is 12.9 Å². The van der Waals surface area contributed by atoms with Crippen LogP contribution in [0, 0.1) is 6.92 Å². The van der Waals surface area contributed by atoms with E-state index in [0.717, 1.165) is 5.56 Å². The van der Waals surface area contributed by atoms with Crippen molar-refractivity contribution in [2.75, 3.05) is 0 Å². The quantitative estimate of drug-likeness (QED) is 0.759. The highest BCUT2D eigenvalue weighted by atomic mass is 32.2. The van der Waals surface area contributed by atoms with Crippen LogP contribution in [-0.2, 0) is 10.0 Å². The second-order valence-corrected chi connectivity index (χ2v) is 7.81. The molecule has 7 nitrogen and oxygen atoms in total. The summed E-state index contributed by atoms with van der Waals surface area (Å²) in [7, 11) is -3.62. The number of aromatic nitrogens is 3. The van der Waals surface area contributed by atoms with Crippen LogP contribution in [0.4, 0.5) is 0 Å². The number of hydrogen-bond acceptors (Lipinski definition) is 7. The highest BCUT2D eigenvalue weighted by molar-refractivity contribution is 7.91. The van der Waals surface area contributed by atoms with Crippen molar-refractivity contribution in [3.8, 4) is 11.5 Å². The van der Waals surface area contributed by atoms with Gasteiger partial charge in [-0.15, -0.1) is 11.3 Å². The molecule has 0 aliphatic carbocycles. The number of nitrogens with zero attached hydrogens (tertiary/aromatic N) is 3. The monoisotopic (exact) mass is 350 g/mol. The molecule has 3 heterocycles. The molecule has 0 aromatic carbocycles. The lowest BCUT2D eigenvalue weighted by Crippen LogP contribution is -2.26. The van der Waals surface area contributed by atoms with E-state index in [2.05, 4.69) is 19.8 Å². The fraction of sp³-hybridized carbons (Fsp3) is 0.214. The number of hydrogen-bond donors (Lipinski definition) is 1. The van der Waals surface area contributed by atoms with E-state index in [1.54, 1.807) is 36.7 Å². The van der Waals surface area contributed by atoms with Gasteiger partial charge in [0.25, 0.3) is 10.0 Å². The zero-order valence-electron chi connectivity index (χ0n) is 12.4. The van der Waals surface area contributed by atoms with Crippen molar-refractivity contribution in [3.05, 3.63) is 47.3 Å². The second kappa shape index (κ2) is 6.19. The minimum Gasteiger partial charge on any atom is -0.337 e. The van der Waals surface area contributed by atoms with E-state index in [1.807, 2.05) is 13.0 Å². The van der Waals surface area contributed by atoms with Gasteiger partial charge in [-0.1, -0.05) is 11.2 Å². The van der Waals surface area contributed by atoms with Crippen LogP contribution in [0.2, 0.25) is 0 Å². The molecular formula is C14H14N4O3S2. The molecule has 1 N–H and O–H groups in total. The molecule has 1 unspecified atom stereocenters. The molecule has 0 amide bonds. The third kappa shape index (κ3) is 3.46. The Morgan fingerprint density at radius 2 is 2.17 bits per heavy atom. The SMILES string of the molecule is Cc1csc(S(=O)(=O)NC(C)c2nc(-c3ccccn3)no2)c1. The zero-order chi connectivity index (χ0) is 16.4. The minimum atomic E-state index is -3.62. The summed E-state index contributed by atoms with van der Waals surface area (Å²) >= 11 is 1.17. The topological polar surface area (TPSA) is 98.0 Å². The molecule has 23 heavy (non-hydrogen) atoms. The smallest absolute Gasteiger partial charge is 0.250 e. The molecule has 0 saturated carbocycles. The van der Waals surface area contributed by atoms with Gasteiger partial charge in [0, 0.05) is 6.20 Å². The average Bonchev–Trinajstić information content (AvgIpc) is 3.17. The lowest BCUT2D eigenvalue weighted by molar-refractivity contribution is 0.354. The first kappa shape index (κ1) is 15.8. The Labute approximate surface area is 137 Å². The second-order valence-electron chi connectivity index (χ2n) is 4.96. The van der Waals surface area contributed by atoms with Gasteiger partial charge in [-0.2, -0.15) is 9.71 Å². The fourth-order valence-electron chi connectivity index (χ4n) is 1.90. The highest BCUT2D eigenvalue weighted by Gasteiger charge is 2.23. The van der Waals surface area contributed by atoms with E-state index in [9.17, 15) is 8.42 Å². The maximum Gasteiger partial charge on any atom is 0.250 e. The summed E-state index contributed by atoms with van der Waals surface area (Å²) in [5.41, 5.74) is 1.46. The van der Waals surface area contributed by atoms with Crippen LogP contribution >= 0.6 is 11.3 Å². The van der Waals surface area contributed by atoms with Crippen molar-refractivity contribution in [1.29, 1.82) is 0 Å². The lowest BCUT2D eigenvalue weighted by atomic mass is 10.3. The number of aryl methyl sites for hydroxylation is 1. The Morgan fingerprint density at radius 3 is 2.83 bits per heavy atom. The first-order valence-electron chi connectivity index (χ1n) is 6.78. The van der Waals surface area contributed by atoms with Crippen molar-refractivity contribution >= 4 is 21.4 Å². The van der Waals surface area contributed by atoms with E-state index in [-0.39, 0.29) is 10.1 Å². The maximum atomic E-state index is 12.3. The summed E-state index contributed by atoms with van der Waals surface area (Å²) in [4.78, 5) is 8.32. The third-order valence-corrected chi connectivity index (χ3v) is 6.11. The normalized spacial score (nSPS) is 13.1. The molecular weight excluding hydrogens is 336 g/mol. The Morgan fingerprint density at radius 1 is 1.35 bits per heavy atom. The van der Waals surface area contributed by atoms with Gasteiger partial charge in [-0.05, 0) is 43.0 Å². The largest absolute Gasteiger partial charge is 0.337 e. The van der Waals surface area contributed by atoms with Crippen LogP contribution in [0.3, 0.4) is 0 Å². The Balaban J connectivity index is 1.79. The predicted molar refractivity (Wildman–Crippen MR) is 85.3 cm³/mol. The van der Waals surface area contributed by atoms with Crippen molar-refractivity contribution in [3.63, 3.8) is 0 Å². The number of rotatable bonds is 5. The molecule has 3 rings (SSSR count). The first-order valence-corrected chi connectivity index (χ1v) is 9.14. The molecule has 0 bridgehead atoms. The van der Waals surface area contributed by atoms with Crippen molar-refractivity contribution in [2.45, 2.75) is 24.1 Å². The molecule has 3 aromatic heterocycles. The van der Waals surface area contributed by atoms with Crippen LogP contribution in [0.15, 0.2) is 44.6 Å². The standard InChI is InChI=1S/C14H14N4O3S2/c1-9-7-12(22-8-9)23(19,20)18-10(2)14-16-13(17-21-14)11-5-3-4-6-15-11/h3-8,10,18H,1-2H3. The summed E-state index contributed by atoms with van der Waals surface area (Å²) in [6, 6.07) is 6.31. The molecule has 0 aliphatic heterocycles. The number of thiophene rings is 1. The molecule has 3 aromatic rings. The molecule has 0 aliphatic rings. The van der Waals surface area contributed by atoms with Gasteiger partial charge in [-0.25, -0.2) is 8.42 Å². The van der Waals surface area contributed by atoms with Gasteiger partial charge >= 0.3 is 0 Å². The number of sulfonamides is 1. The Hall–Kier alpha value is -2.10. The van der Waals surface area contributed by atoms with E-state index >= 15 is 0 Å². The number of pyridine rings is 1. The molecule has 1 atom stereocenters. The van der Waals surface area contributed by atoms with Gasteiger partial charge in [0.1, 0.15) is 9.90 Å². The summed E-state index contributed by atoms with van der Waals surface area (Å²) in [5, 5.41) is 5.62. The summed E-state index contributed by atoms with van der Waals surface area (Å²) < 4.78 is 32.5. The van der Waals surface area contributed by atoms with E-state index in [0.29, 0.717) is 11.5 Å². The van der Waals surface area contributed by atoms with Gasteiger partial charge < -0.3 is 4.52 Å². The maximum absolute atomic E-state index is 12.3. The Kier molecular flexibility index (Phi) is 4.24. The minimum absolute atomic E-state index is 0.183. The van der Waals surface area contributed by atoms with Crippen LogP contribution < -0.4 is 4.72 Å². The lowest BCUT2D eigenvalue weighted by Gasteiger charge is -2.08. The summed E-state index contributed by atoms with van der Waals surface area (Å²) in [6.45, 7) is 3.49. The van der Waals surface area contributed by atoms with Crippen LogP contribution in [0.5, 0.6) is 0 Å². The molecule has 0 spiro atoms. The first-order chi connectivity index (χ1) is 11.0. The molecule has 0 saturated heterocycles. The molecule has 0 fully saturated rings. The van der Waals surface area contributed by atoms with Crippen LogP contribution in [-0.4, -0.2) is 23.5 Å². The molecule has 120 valence electrons. The van der Waals surface area contributed by atoms with E-state index in [4.69, 9.17) is 4.52 Å². The summed E-state index contributed by atoms with van der Waals surface area (Å²) in [6.07, 6.45) is 1.62. The van der Waals surface area contributed by atoms with Gasteiger partial charge in [-0.3, -0.25) is 4.98 Å². The average molecular weight is 350 g/mol. The predicted octanol–water partition coefficient (Wildman–Crippen LogP) is 2.54. The highest BCUT2D eigenvalue weighted by Crippen LogP contribution is 2.22. The molecule has 9 heteroatoms. The Bertz CT molecular complexity index is 903. The van der Waals surface area contributed by atoms with Gasteiger partial charge in [0.2, 0.25) is 11.7 Å². The molecule has 0 radical (unpaired) electrons. The fourth-order valence-corrected chi connectivity index (χ4v) is 4.34. The third-order valence-electron chi connectivity index (χ3n) is 3.01. The van der Waals surface area contributed by atoms with Crippen molar-refractivity contribution in [1.82, 2.24) is 19.8 Å². The van der Waals surface area contributed by atoms with E-state index in [1.165, 1.54) is 11.3 Å². The van der Waals surface area contributed by atoms with Crippen LogP contribution in [0.1, 0.15) is 24.4 Å². The van der Waals surface area contributed by atoms with Gasteiger partial charge in [0.15, 0.2) is 0 Å². The van der Waals surface area contributed by atoms with Crippen LogP contribution in [0.25, 0.3) is 11.5 Å². The van der Waals surface area contributed by atoms with E-state index < -0.39 is 16.1 Å². The van der Waals surface area contributed by atoms with Crippen molar-refractivity contribution in [2.24, 2.45) is 0 Å². The van der Waals surface area contributed by atoms with Gasteiger partial charge in [0.05, 0.1) is 6.04 Å².